The quantitative estimate of drug-likeness (QED) is 0.798. The first-order valence-corrected chi connectivity index (χ1v) is 8.59. The molecule has 1 aromatic heterocycles. The number of piperidine rings is 1. The number of aryl methyl sites for hydroxylation is 1. The van der Waals surface area contributed by atoms with E-state index >= 15 is 0 Å². The molecule has 3 rings (SSSR count). The van der Waals surface area contributed by atoms with Crippen LogP contribution in [-0.2, 0) is 9.53 Å². The minimum Gasteiger partial charge on any atom is -0.448 e. The van der Waals surface area contributed by atoms with Gasteiger partial charge in [-0.1, -0.05) is 18.2 Å². The van der Waals surface area contributed by atoms with Crippen LogP contribution in [-0.4, -0.2) is 41.0 Å². The summed E-state index contributed by atoms with van der Waals surface area (Å²) in [7, 11) is 0. The molecule has 2 aromatic rings. The highest BCUT2D eigenvalue weighted by atomic mass is 16.5. The van der Waals surface area contributed by atoms with E-state index in [1.807, 2.05) is 30.3 Å². The number of carbonyl (C=O) groups is 2. The molecular weight excluding hydrogens is 320 g/mol. The fourth-order valence-electron chi connectivity index (χ4n) is 2.93. The lowest BCUT2D eigenvalue weighted by Gasteiger charge is -2.28. The van der Waals surface area contributed by atoms with Crippen molar-refractivity contribution in [3.63, 3.8) is 0 Å². The van der Waals surface area contributed by atoms with Gasteiger partial charge in [-0.25, -0.2) is 9.78 Å². The first kappa shape index (κ1) is 17.2. The van der Waals surface area contributed by atoms with Crippen LogP contribution in [0.5, 0.6) is 0 Å². The fourth-order valence-corrected chi connectivity index (χ4v) is 2.93. The van der Waals surface area contributed by atoms with Crippen LogP contribution in [0.1, 0.15) is 42.4 Å². The van der Waals surface area contributed by atoms with Gasteiger partial charge in [0.1, 0.15) is 5.76 Å². The second-order valence-corrected chi connectivity index (χ2v) is 6.22. The number of nitrogens with zero attached hydrogens (tertiary/aromatic N) is 2. The van der Waals surface area contributed by atoms with Gasteiger partial charge in [-0.05, 0) is 45.2 Å². The maximum absolute atomic E-state index is 12.4. The molecular formula is C19H22N2O4. The van der Waals surface area contributed by atoms with Gasteiger partial charge in [-0.15, -0.1) is 0 Å². The van der Waals surface area contributed by atoms with E-state index in [0.29, 0.717) is 11.7 Å². The summed E-state index contributed by atoms with van der Waals surface area (Å²) in [5.41, 5.74) is 0.888. The van der Waals surface area contributed by atoms with E-state index < -0.39 is 12.1 Å². The summed E-state index contributed by atoms with van der Waals surface area (Å²) in [6.07, 6.45) is 2.30. The SMILES string of the molecule is Cc1oc(-c2ccccc2)nc1C(=O)O[C@@H](C)C(=O)N1CCCCC1. The van der Waals surface area contributed by atoms with Crippen LogP contribution in [0, 0.1) is 6.92 Å². The molecule has 1 aliphatic rings. The highest BCUT2D eigenvalue weighted by Gasteiger charge is 2.27. The van der Waals surface area contributed by atoms with Gasteiger partial charge in [0.2, 0.25) is 5.89 Å². The summed E-state index contributed by atoms with van der Waals surface area (Å²) >= 11 is 0. The molecule has 1 fully saturated rings. The number of amides is 1. The zero-order valence-electron chi connectivity index (χ0n) is 14.5. The lowest BCUT2D eigenvalue weighted by Crippen LogP contribution is -2.42. The maximum atomic E-state index is 12.4. The Hall–Kier alpha value is -2.63. The zero-order chi connectivity index (χ0) is 17.8. The second kappa shape index (κ2) is 7.51. The average Bonchev–Trinajstić information content (AvgIpc) is 3.04. The smallest absolute Gasteiger partial charge is 0.361 e. The predicted octanol–water partition coefficient (Wildman–Crippen LogP) is 3.21. The molecule has 0 aliphatic carbocycles. The number of carbonyl (C=O) groups excluding carboxylic acids is 2. The van der Waals surface area contributed by atoms with Crippen molar-refractivity contribution >= 4 is 11.9 Å². The fraction of sp³-hybridized carbons (Fsp3) is 0.421. The van der Waals surface area contributed by atoms with Gasteiger partial charge in [0, 0.05) is 18.7 Å². The summed E-state index contributed by atoms with van der Waals surface area (Å²) < 4.78 is 10.9. The summed E-state index contributed by atoms with van der Waals surface area (Å²) in [6, 6.07) is 9.33. The Labute approximate surface area is 146 Å². The Bertz CT molecular complexity index is 748. The Kier molecular flexibility index (Phi) is 5.16. The van der Waals surface area contributed by atoms with Gasteiger partial charge in [-0.2, -0.15) is 0 Å². The molecule has 0 N–H and O–H groups in total. The van der Waals surface area contributed by atoms with Gasteiger partial charge in [-0.3, -0.25) is 4.79 Å². The molecule has 2 heterocycles. The first-order valence-electron chi connectivity index (χ1n) is 8.59. The van der Waals surface area contributed by atoms with Gasteiger partial charge >= 0.3 is 5.97 Å². The Morgan fingerprint density at radius 2 is 1.84 bits per heavy atom. The molecule has 0 radical (unpaired) electrons. The normalized spacial score (nSPS) is 15.7. The van der Waals surface area contributed by atoms with E-state index in [1.54, 1.807) is 18.7 Å². The minimum atomic E-state index is -0.832. The number of aromatic nitrogens is 1. The number of esters is 1. The molecule has 25 heavy (non-hydrogen) atoms. The molecule has 0 spiro atoms. The molecule has 1 atom stereocenters. The molecule has 1 amide bonds. The van der Waals surface area contributed by atoms with Crippen LogP contribution >= 0.6 is 0 Å². The van der Waals surface area contributed by atoms with Crippen molar-refractivity contribution in [3.05, 3.63) is 41.8 Å². The van der Waals surface area contributed by atoms with E-state index in [4.69, 9.17) is 9.15 Å². The van der Waals surface area contributed by atoms with E-state index in [2.05, 4.69) is 4.98 Å². The molecule has 6 heteroatoms. The van der Waals surface area contributed by atoms with Crippen molar-refractivity contribution in [2.45, 2.75) is 39.2 Å². The molecule has 1 saturated heterocycles. The zero-order valence-corrected chi connectivity index (χ0v) is 14.5. The van der Waals surface area contributed by atoms with E-state index in [0.717, 1.165) is 37.9 Å². The van der Waals surface area contributed by atoms with Crippen LogP contribution in [0.25, 0.3) is 11.5 Å². The van der Waals surface area contributed by atoms with Crippen molar-refractivity contribution in [2.75, 3.05) is 13.1 Å². The van der Waals surface area contributed by atoms with Crippen LogP contribution < -0.4 is 0 Å². The number of rotatable bonds is 4. The van der Waals surface area contributed by atoms with E-state index in [-0.39, 0.29) is 11.6 Å². The van der Waals surface area contributed by atoms with Crippen molar-refractivity contribution < 1.29 is 18.7 Å². The molecule has 1 aromatic carbocycles. The number of hydrogen-bond acceptors (Lipinski definition) is 5. The standard InChI is InChI=1S/C19H22N2O4/c1-13-16(20-17(24-13)15-9-5-3-6-10-15)19(23)25-14(2)18(22)21-11-7-4-8-12-21/h3,5-6,9-10,14H,4,7-8,11-12H2,1-2H3/t14-/m0/s1. The lowest BCUT2D eigenvalue weighted by atomic mass is 10.1. The number of likely N-dealkylation sites (tertiary alicyclic amines) is 1. The van der Waals surface area contributed by atoms with Crippen LogP contribution in [0.2, 0.25) is 0 Å². The van der Waals surface area contributed by atoms with Crippen molar-refractivity contribution in [1.29, 1.82) is 0 Å². The maximum Gasteiger partial charge on any atom is 0.361 e. The number of hydrogen-bond donors (Lipinski definition) is 0. The van der Waals surface area contributed by atoms with Gasteiger partial charge in [0.15, 0.2) is 11.8 Å². The van der Waals surface area contributed by atoms with Gasteiger partial charge in [0.25, 0.3) is 5.91 Å². The molecule has 0 bridgehead atoms. The number of benzene rings is 1. The highest BCUT2D eigenvalue weighted by molar-refractivity contribution is 5.91. The summed E-state index contributed by atoms with van der Waals surface area (Å²) in [5, 5.41) is 0. The molecule has 1 aliphatic heterocycles. The lowest BCUT2D eigenvalue weighted by molar-refractivity contribution is -0.140. The Morgan fingerprint density at radius 1 is 1.16 bits per heavy atom. The topological polar surface area (TPSA) is 72.6 Å². The summed E-state index contributed by atoms with van der Waals surface area (Å²) in [5.74, 6) is -0.0553. The van der Waals surface area contributed by atoms with Crippen molar-refractivity contribution in [2.24, 2.45) is 0 Å². The summed E-state index contributed by atoms with van der Waals surface area (Å²) in [6.45, 7) is 4.71. The largest absolute Gasteiger partial charge is 0.448 e. The number of oxazole rings is 1. The second-order valence-electron chi connectivity index (χ2n) is 6.22. The van der Waals surface area contributed by atoms with Gasteiger partial charge in [0.05, 0.1) is 0 Å². The minimum absolute atomic E-state index is 0.108. The van der Waals surface area contributed by atoms with Crippen molar-refractivity contribution in [3.8, 4) is 11.5 Å². The third-order valence-corrected chi connectivity index (χ3v) is 4.31. The Morgan fingerprint density at radius 3 is 2.52 bits per heavy atom. The third-order valence-electron chi connectivity index (χ3n) is 4.31. The first-order chi connectivity index (χ1) is 12.1. The molecule has 132 valence electrons. The highest BCUT2D eigenvalue weighted by Crippen LogP contribution is 2.22. The van der Waals surface area contributed by atoms with E-state index in [1.165, 1.54) is 0 Å². The monoisotopic (exact) mass is 342 g/mol. The molecule has 0 saturated carbocycles. The summed E-state index contributed by atoms with van der Waals surface area (Å²) in [4.78, 5) is 30.8. The Balaban J connectivity index is 1.68. The molecule has 0 unspecified atom stereocenters. The van der Waals surface area contributed by atoms with Crippen LogP contribution in [0.4, 0.5) is 0 Å². The predicted molar refractivity (Wildman–Crippen MR) is 92.0 cm³/mol. The van der Waals surface area contributed by atoms with Crippen molar-refractivity contribution in [1.82, 2.24) is 9.88 Å². The third kappa shape index (κ3) is 3.90. The molecule has 6 nitrogen and oxygen atoms in total. The average molecular weight is 342 g/mol. The number of ether oxygens (including phenoxy) is 1. The van der Waals surface area contributed by atoms with E-state index in [9.17, 15) is 9.59 Å². The van der Waals surface area contributed by atoms with Crippen LogP contribution in [0.15, 0.2) is 34.7 Å². The van der Waals surface area contributed by atoms with Crippen LogP contribution in [0.3, 0.4) is 0 Å². The van der Waals surface area contributed by atoms with Gasteiger partial charge < -0.3 is 14.1 Å².